The summed E-state index contributed by atoms with van der Waals surface area (Å²) in [5.74, 6) is -0.731. The van der Waals surface area contributed by atoms with E-state index in [1.807, 2.05) is 94.4 Å². The molecule has 2 fully saturated rings. The minimum Gasteiger partial charge on any atom is -0.459 e. The summed E-state index contributed by atoms with van der Waals surface area (Å²) >= 11 is 0. The molecule has 2 aliphatic rings. The number of ether oxygens (including phenoxy) is 3. The number of hydrogen-bond donors (Lipinski definition) is 3. The van der Waals surface area contributed by atoms with E-state index in [-0.39, 0.29) is 42.1 Å². The Labute approximate surface area is 324 Å². The number of hydrogen-bond acceptors (Lipinski definition) is 9. The molecule has 0 radical (unpaired) electrons. The standard InChI is InChI=1S/C43H51N3O8S/c1-29-12-22-36(23-13-29)55(50,51)45-37(25-30-9-6-5-7-10-30)40(48)44-34-20-18-33(19-21-34)42-52-35(26-39(53-42)32-16-14-31(28-47)15-17-32)27-46-24-8-11-38(46)41(49)54-43(2,3)4/h5-7,9-10,12-23,35,37-39,42,45,47H,8,11,24-28H2,1-4H3,(H,44,48). The van der Waals surface area contributed by atoms with Crippen molar-refractivity contribution in [3.63, 3.8) is 0 Å². The van der Waals surface area contributed by atoms with Gasteiger partial charge >= 0.3 is 5.97 Å². The predicted octanol–water partition coefficient (Wildman–Crippen LogP) is 6.37. The molecule has 0 aromatic heterocycles. The van der Waals surface area contributed by atoms with Gasteiger partial charge in [0.25, 0.3) is 0 Å². The van der Waals surface area contributed by atoms with Crippen molar-refractivity contribution in [2.24, 2.45) is 0 Å². The maximum Gasteiger partial charge on any atom is 0.323 e. The van der Waals surface area contributed by atoms with E-state index >= 15 is 0 Å². The summed E-state index contributed by atoms with van der Waals surface area (Å²) < 4.78 is 48.2. The molecule has 0 bridgehead atoms. The topological polar surface area (TPSA) is 144 Å². The molecule has 4 aromatic rings. The van der Waals surface area contributed by atoms with Crippen LogP contribution in [-0.4, -0.2) is 67.2 Å². The van der Waals surface area contributed by atoms with Gasteiger partial charge in [-0.15, -0.1) is 0 Å². The number of aryl methyl sites for hydroxylation is 1. The van der Waals surface area contributed by atoms with Crippen LogP contribution in [-0.2, 0) is 46.9 Å². The summed E-state index contributed by atoms with van der Waals surface area (Å²) in [5.41, 5.74) is 4.09. The highest BCUT2D eigenvalue weighted by Gasteiger charge is 2.39. The van der Waals surface area contributed by atoms with E-state index in [1.54, 1.807) is 24.3 Å². The molecule has 2 saturated heterocycles. The van der Waals surface area contributed by atoms with E-state index in [2.05, 4.69) is 14.9 Å². The second kappa shape index (κ2) is 17.6. The lowest BCUT2D eigenvalue weighted by Crippen LogP contribution is -2.45. The highest BCUT2D eigenvalue weighted by molar-refractivity contribution is 7.89. The van der Waals surface area contributed by atoms with Crippen LogP contribution in [0.1, 0.15) is 80.2 Å². The van der Waals surface area contributed by atoms with E-state index < -0.39 is 33.9 Å². The molecule has 0 saturated carbocycles. The Balaban J connectivity index is 1.18. The van der Waals surface area contributed by atoms with Gasteiger partial charge in [-0.05, 0) is 94.5 Å². The SMILES string of the molecule is Cc1ccc(S(=O)(=O)NC(Cc2ccccc2)C(=O)Nc2ccc(C3OC(CN4CCCC4C(=O)OC(C)(C)C)CC(c4ccc(CO)cc4)O3)cc2)cc1. The molecule has 55 heavy (non-hydrogen) atoms. The molecule has 4 aromatic carbocycles. The Morgan fingerprint density at radius 3 is 2.22 bits per heavy atom. The van der Waals surface area contributed by atoms with Crippen molar-refractivity contribution in [3.8, 4) is 0 Å². The molecule has 12 heteroatoms. The average molecular weight is 770 g/mol. The van der Waals surface area contributed by atoms with Crippen LogP contribution in [0, 0.1) is 6.92 Å². The van der Waals surface area contributed by atoms with E-state index in [9.17, 15) is 23.1 Å². The Morgan fingerprint density at radius 1 is 0.891 bits per heavy atom. The number of aliphatic hydroxyl groups is 1. The highest BCUT2D eigenvalue weighted by atomic mass is 32.2. The third-order valence-corrected chi connectivity index (χ3v) is 11.3. The van der Waals surface area contributed by atoms with Crippen molar-refractivity contribution in [3.05, 3.63) is 131 Å². The van der Waals surface area contributed by atoms with Crippen molar-refractivity contribution < 1.29 is 37.3 Å². The largest absolute Gasteiger partial charge is 0.459 e. The smallest absolute Gasteiger partial charge is 0.323 e. The van der Waals surface area contributed by atoms with Gasteiger partial charge in [0.15, 0.2) is 6.29 Å². The summed E-state index contributed by atoms with van der Waals surface area (Å²) in [6.07, 6.45) is 0.967. The summed E-state index contributed by atoms with van der Waals surface area (Å²) in [6, 6.07) is 29.0. The van der Waals surface area contributed by atoms with Crippen LogP contribution in [0.4, 0.5) is 5.69 Å². The number of rotatable bonds is 13. The molecule has 11 nitrogen and oxygen atoms in total. The van der Waals surface area contributed by atoms with Crippen LogP contribution < -0.4 is 10.0 Å². The molecule has 5 unspecified atom stereocenters. The molecular weight excluding hydrogens is 719 g/mol. The molecule has 2 heterocycles. The number of anilines is 1. The van der Waals surface area contributed by atoms with Gasteiger partial charge in [0.1, 0.15) is 17.7 Å². The maximum atomic E-state index is 13.7. The van der Waals surface area contributed by atoms with Gasteiger partial charge in [0.05, 0.1) is 23.7 Å². The van der Waals surface area contributed by atoms with Gasteiger partial charge < -0.3 is 24.6 Å². The fourth-order valence-corrected chi connectivity index (χ4v) is 8.13. The number of carbonyl (C=O) groups excluding carboxylic acids is 2. The Bertz CT molecular complexity index is 2000. The van der Waals surface area contributed by atoms with E-state index in [0.717, 1.165) is 47.2 Å². The molecule has 0 spiro atoms. The van der Waals surface area contributed by atoms with Gasteiger partial charge in [0.2, 0.25) is 15.9 Å². The number of nitrogens with zero attached hydrogens (tertiary/aromatic N) is 1. The number of sulfonamides is 1. The van der Waals surface area contributed by atoms with Crippen molar-refractivity contribution in [1.29, 1.82) is 0 Å². The fourth-order valence-electron chi connectivity index (χ4n) is 6.94. The van der Waals surface area contributed by atoms with Gasteiger partial charge in [-0.3, -0.25) is 14.5 Å². The highest BCUT2D eigenvalue weighted by Crippen LogP contribution is 2.39. The minimum atomic E-state index is -4.00. The quantitative estimate of drug-likeness (QED) is 0.132. The Hall–Kier alpha value is -4.43. The third kappa shape index (κ3) is 10.9. The maximum absolute atomic E-state index is 13.7. The molecule has 292 valence electrons. The predicted molar refractivity (Wildman–Crippen MR) is 209 cm³/mol. The number of benzene rings is 4. The lowest BCUT2D eigenvalue weighted by atomic mass is 9.99. The number of carbonyl (C=O) groups is 2. The number of likely N-dealkylation sites (tertiary alicyclic amines) is 1. The molecular formula is C43H51N3O8S. The molecule has 0 aliphatic carbocycles. The fraction of sp³-hybridized carbons (Fsp3) is 0.395. The monoisotopic (exact) mass is 769 g/mol. The van der Waals surface area contributed by atoms with Gasteiger partial charge in [-0.25, -0.2) is 8.42 Å². The lowest BCUT2D eigenvalue weighted by Gasteiger charge is -2.38. The Morgan fingerprint density at radius 2 is 1.56 bits per heavy atom. The number of esters is 1. The summed E-state index contributed by atoms with van der Waals surface area (Å²) in [6.45, 7) is 8.70. The average Bonchev–Trinajstić information content (AvgIpc) is 3.63. The van der Waals surface area contributed by atoms with E-state index in [0.29, 0.717) is 18.7 Å². The van der Waals surface area contributed by atoms with Gasteiger partial charge in [0, 0.05) is 24.2 Å². The van der Waals surface area contributed by atoms with Crippen LogP contribution in [0.15, 0.2) is 108 Å². The lowest BCUT2D eigenvalue weighted by molar-refractivity contribution is -0.253. The van der Waals surface area contributed by atoms with Crippen LogP contribution in [0.5, 0.6) is 0 Å². The molecule has 3 N–H and O–H groups in total. The first-order chi connectivity index (χ1) is 26.3. The van der Waals surface area contributed by atoms with Crippen molar-refractivity contribution in [1.82, 2.24) is 9.62 Å². The van der Waals surface area contributed by atoms with Crippen molar-refractivity contribution in [2.75, 3.05) is 18.4 Å². The molecule has 5 atom stereocenters. The number of aliphatic hydroxyl groups excluding tert-OH is 1. The minimum absolute atomic E-state index is 0.0598. The second-order valence-corrected chi connectivity index (χ2v) is 17.0. The third-order valence-electron chi connectivity index (χ3n) is 9.77. The van der Waals surface area contributed by atoms with Crippen molar-refractivity contribution in [2.45, 2.75) is 101 Å². The zero-order valence-electron chi connectivity index (χ0n) is 31.8. The van der Waals surface area contributed by atoms with Crippen LogP contribution in [0.3, 0.4) is 0 Å². The first-order valence-corrected chi connectivity index (χ1v) is 20.3. The van der Waals surface area contributed by atoms with E-state index in [4.69, 9.17) is 14.2 Å². The molecule has 6 rings (SSSR count). The van der Waals surface area contributed by atoms with Gasteiger partial charge in [-0.1, -0.05) is 84.4 Å². The van der Waals surface area contributed by atoms with E-state index in [1.165, 1.54) is 12.1 Å². The first kappa shape index (κ1) is 40.2. The first-order valence-electron chi connectivity index (χ1n) is 18.8. The van der Waals surface area contributed by atoms with Crippen molar-refractivity contribution >= 4 is 27.6 Å². The zero-order valence-corrected chi connectivity index (χ0v) is 32.6. The summed E-state index contributed by atoms with van der Waals surface area (Å²) in [7, 11) is -4.00. The van der Waals surface area contributed by atoms with Crippen LogP contribution >= 0.6 is 0 Å². The zero-order chi connectivity index (χ0) is 39.2. The van der Waals surface area contributed by atoms with Crippen LogP contribution in [0.2, 0.25) is 0 Å². The second-order valence-electron chi connectivity index (χ2n) is 15.3. The Kier molecular flexibility index (Phi) is 12.9. The molecule has 1 amide bonds. The summed E-state index contributed by atoms with van der Waals surface area (Å²) in [4.78, 5) is 29.1. The molecule has 2 aliphatic heterocycles. The normalized spacial score (nSPS) is 21.2. The number of amides is 1. The summed E-state index contributed by atoms with van der Waals surface area (Å²) in [5, 5.41) is 12.5. The number of nitrogens with one attached hydrogen (secondary N) is 2. The van der Waals surface area contributed by atoms with Gasteiger partial charge in [-0.2, -0.15) is 4.72 Å². The van der Waals surface area contributed by atoms with Crippen LogP contribution in [0.25, 0.3) is 0 Å².